The van der Waals surface area contributed by atoms with Crippen molar-refractivity contribution in [2.45, 2.75) is 13.1 Å². The highest BCUT2D eigenvalue weighted by molar-refractivity contribution is 5.89. The van der Waals surface area contributed by atoms with Crippen molar-refractivity contribution in [3.05, 3.63) is 70.3 Å². The van der Waals surface area contributed by atoms with Gasteiger partial charge in [0.1, 0.15) is 0 Å². The molecular weight excluding hydrogens is 349 g/mol. The van der Waals surface area contributed by atoms with Crippen molar-refractivity contribution in [1.82, 2.24) is 9.55 Å². The smallest absolute Gasteiger partial charge is 0.416 e. The van der Waals surface area contributed by atoms with Gasteiger partial charge in [-0.15, -0.1) is 0 Å². The maximum Gasteiger partial charge on any atom is 0.416 e. The first-order chi connectivity index (χ1) is 12.3. The topological polar surface area (TPSA) is 61.2 Å². The predicted octanol–water partition coefficient (Wildman–Crippen LogP) is 3.58. The van der Waals surface area contributed by atoms with E-state index in [2.05, 4.69) is 4.98 Å². The lowest BCUT2D eigenvalue weighted by atomic mass is 10.2. The Kier molecular flexibility index (Phi) is 4.50. The van der Waals surface area contributed by atoms with Crippen molar-refractivity contribution < 1.29 is 22.7 Å². The third kappa shape index (κ3) is 3.17. The molecule has 0 aliphatic carbocycles. The fourth-order valence-electron chi connectivity index (χ4n) is 2.50. The van der Waals surface area contributed by atoms with E-state index in [0.717, 1.165) is 28.8 Å². The van der Waals surface area contributed by atoms with E-state index in [1.807, 2.05) is 0 Å². The number of halogens is 3. The largest absolute Gasteiger partial charge is 0.460 e. The van der Waals surface area contributed by atoms with E-state index in [-0.39, 0.29) is 23.5 Å². The van der Waals surface area contributed by atoms with Gasteiger partial charge in [-0.25, -0.2) is 9.78 Å². The van der Waals surface area contributed by atoms with Gasteiger partial charge in [0.2, 0.25) is 5.82 Å². The fraction of sp³-hybridized carbons (Fsp3) is 0.167. The van der Waals surface area contributed by atoms with E-state index >= 15 is 0 Å². The maximum atomic E-state index is 12.8. The number of benzene rings is 2. The number of fused-ring (bicyclic) bond motifs is 1. The summed E-state index contributed by atoms with van der Waals surface area (Å²) in [6.45, 7) is 1.66. The Hall–Kier alpha value is -3.16. The number of nitrogens with zero attached hydrogens (tertiary/aromatic N) is 2. The summed E-state index contributed by atoms with van der Waals surface area (Å²) in [6.07, 6.45) is -4.50. The molecule has 0 bridgehead atoms. The van der Waals surface area contributed by atoms with Crippen LogP contribution in [0.15, 0.2) is 53.3 Å². The van der Waals surface area contributed by atoms with E-state index < -0.39 is 23.3 Å². The van der Waals surface area contributed by atoms with Crippen molar-refractivity contribution >= 4 is 16.9 Å². The van der Waals surface area contributed by atoms with Crippen LogP contribution < -0.4 is 5.56 Å². The quantitative estimate of drug-likeness (QED) is 0.668. The molecule has 0 radical (unpaired) electrons. The fourth-order valence-corrected chi connectivity index (χ4v) is 2.50. The third-order valence-corrected chi connectivity index (χ3v) is 3.69. The number of rotatable bonds is 3. The molecule has 0 spiro atoms. The minimum Gasteiger partial charge on any atom is -0.460 e. The summed E-state index contributed by atoms with van der Waals surface area (Å²) in [5.41, 5.74) is -1.05. The van der Waals surface area contributed by atoms with Crippen LogP contribution in [0.25, 0.3) is 16.6 Å². The number of aromatic nitrogens is 2. The van der Waals surface area contributed by atoms with E-state index in [1.165, 1.54) is 6.07 Å². The van der Waals surface area contributed by atoms with Gasteiger partial charge in [0.15, 0.2) is 0 Å². The van der Waals surface area contributed by atoms with Crippen LogP contribution in [-0.4, -0.2) is 22.1 Å². The SMILES string of the molecule is CCOC(=O)c1nc2ccccc2c(=O)n1-c1ccc(C(F)(F)F)cc1. The molecule has 0 fully saturated rings. The molecule has 5 nitrogen and oxygen atoms in total. The highest BCUT2D eigenvalue weighted by Gasteiger charge is 2.30. The van der Waals surface area contributed by atoms with Gasteiger partial charge in [-0.05, 0) is 43.3 Å². The molecule has 0 unspecified atom stereocenters. The van der Waals surface area contributed by atoms with E-state index in [4.69, 9.17) is 4.74 Å². The summed E-state index contributed by atoms with van der Waals surface area (Å²) in [4.78, 5) is 29.2. The minimum absolute atomic E-state index is 0.0640. The molecule has 26 heavy (non-hydrogen) atoms. The average molecular weight is 362 g/mol. The molecule has 0 amide bonds. The first-order valence-electron chi connectivity index (χ1n) is 7.69. The van der Waals surface area contributed by atoms with E-state index in [0.29, 0.717) is 5.52 Å². The number of carbonyl (C=O) groups is 1. The van der Waals surface area contributed by atoms with Gasteiger partial charge in [-0.2, -0.15) is 13.2 Å². The Bertz CT molecular complexity index is 1020. The van der Waals surface area contributed by atoms with Crippen LogP contribution in [-0.2, 0) is 10.9 Å². The molecule has 2 aromatic carbocycles. The zero-order valence-corrected chi connectivity index (χ0v) is 13.6. The van der Waals surface area contributed by atoms with E-state index in [1.54, 1.807) is 25.1 Å². The zero-order chi connectivity index (χ0) is 18.9. The minimum atomic E-state index is -4.50. The molecule has 0 saturated heterocycles. The first kappa shape index (κ1) is 17.7. The number of alkyl halides is 3. The van der Waals surface area contributed by atoms with Crippen LogP contribution >= 0.6 is 0 Å². The highest BCUT2D eigenvalue weighted by atomic mass is 19.4. The summed E-state index contributed by atoms with van der Waals surface area (Å²) in [5, 5.41) is 0.237. The van der Waals surface area contributed by atoms with Crippen LogP contribution in [0.5, 0.6) is 0 Å². The molecule has 1 aromatic heterocycles. The summed E-state index contributed by atoms with van der Waals surface area (Å²) < 4.78 is 44.2. The van der Waals surface area contributed by atoms with Crippen LogP contribution in [0.1, 0.15) is 23.1 Å². The summed E-state index contributed by atoms with van der Waals surface area (Å²) in [7, 11) is 0. The molecule has 0 aliphatic heterocycles. The summed E-state index contributed by atoms with van der Waals surface area (Å²) in [6, 6.07) is 10.3. The summed E-state index contributed by atoms with van der Waals surface area (Å²) >= 11 is 0. The number of para-hydroxylation sites is 1. The van der Waals surface area contributed by atoms with Crippen LogP contribution in [0.3, 0.4) is 0 Å². The van der Waals surface area contributed by atoms with Gasteiger partial charge in [-0.1, -0.05) is 12.1 Å². The predicted molar refractivity (Wildman–Crippen MR) is 88.3 cm³/mol. The Morgan fingerprint density at radius 2 is 1.77 bits per heavy atom. The van der Waals surface area contributed by atoms with Crippen molar-refractivity contribution in [2.24, 2.45) is 0 Å². The molecule has 134 valence electrons. The monoisotopic (exact) mass is 362 g/mol. The number of esters is 1. The van der Waals surface area contributed by atoms with Crippen LogP contribution in [0.4, 0.5) is 13.2 Å². The van der Waals surface area contributed by atoms with Gasteiger partial charge in [-0.3, -0.25) is 9.36 Å². The Morgan fingerprint density at radius 3 is 2.38 bits per heavy atom. The van der Waals surface area contributed by atoms with Gasteiger partial charge in [0.25, 0.3) is 5.56 Å². The third-order valence-electron chi connectivity index (χ3n) is 3.69. The number of hydrogen-bond acceptors (Lipinski definition) is 4. The Morgan fingerprint density at radius 1 is 1.12 bits per heavy atom. The molecule has 3 aromatic rings. The second-order valence-corrected chi connectivity index (χ2v) is 5.36. The molecule has 0 N–H and O–H groups in total. The van der Waals surface area contributed by atoms with E-state index in [9.17, 15) is 22.8 Å². The number of carbonyl (C=O) groups excluding carboxylic acids is 1. The average Bonchev–Trinajstić information content (AvgIpc) is 2.61. The van der Waals surface area contributed by atoms with Crippen LogP contribution in [0, 0.1) is 0 Å². The Balaban J connectivity index is 2.26. The van der Waals surface area contributed by atoms with Crippen molar-refractivity contribution in [3.63, 3.8) is 0 Å². The Labute approximate surface area is 145 Å². The molecule has 8 heteroatoms. The standard InChI is InChI=1S/C18H13F3N2O3/c1-2-26-17(25)15-22-14-6-4-3-5-13(14)16(24)23(15)12-9-7-11(8-10-12)18(19,20)21/h3-10H,2H2,1H3. The van der Waals surface area contributed by atoms with Crippen molar-refractivity contribution in [2.75, 3.05) is 6.61 Å². The molecule has 0 aliphatic rings. The van der Waals surface area contributed by atoms with Gasteiger partial charge < -0.3 is 4.74 Å². The van der Waals surface area contributed by atoms with Gasteiger partial charge in [0.05, 0.1) is 28.8 Å². The molecule has 0 saturated carbocycles. The second kappa shape index (κ2) is 6.62. The normalized spacial score (nSPS) is 11.5. The van der Waals surface area contributed by atoms with Crippen molar-refractivity contribution in [3.8, 4) is 5.69 Å². The van der Waals surface area contributed by atoms with Gasteiger partial charge in [0, 0.05) is 0 Å². The second-order valence-electron chi connectivity index (χ2n) is 5.36. The summed E-state index contributed by atoms with van der Waals surface area (Å²) in [5.74, 6) is -1.13. The number of hydrogen-bond donors (Lipinski definition) is 0. The maximum absolute atomic E-state index is 12.8. The lowest BCUT2D eigenvalue weighted by Crippen LogP contribution is -2.27. The molecular formula is C18H13F3N2O3. The number of ether oxygens (including phenoxy) is 1. The highest BCUT2D eigenvalue weighted by Crippen LogP contribution is 2.29. The van der Waals surface area contributed by atoms with Crippen molar-refractivity contribution in [1.29, 1.82) is 0 Å². The molecule has 1 heterocycles. The zero-order valence-electron chi connectivity index (χ0n) is 13.6. The molecule has 3 rings (SSSR count). The van der Waals surface area contributed by atoms with Gasteiger partial charge >= 0.3 is 12.1 Å². The first-order valence-corrected chi connectivity index (χ1v) is 7.69. The molecule has 0 atom stereocenters. The van der Waals surface area contributed by atoms with Crippen LogP contribution in [0.2, 0.25) is 0 Å². The lowest BCUT2D eigenvalue weighted by Gasteiger charge is -2.13. The lowest BCUT2D eigenvalue weighted by molar-refractivity contribution is -0.137.